The van der Waals surface area contributed by atoms with Crippen LogP contribution in [0.2, 0.25) is 0 Å². The molecule has 0 unspecified atom stereocenters. The number of anilines is 1. The molecular weight excluding hydrogens is 262 g/mol. The number of phenols is 2. The van der Waals surface area contributed by atoms with Crippen LogP contribution < -0.4 is 5.32 Å². The summed E-state index contributed by atoms with van der Waals surface area (Å²) in [6.07, 6.45) is 1.96. The number of hydrogen-bond donors (Lipinski definition) is 3. The van der Waals surface area contributed by atoms with Crippen molar-refractivity contribution < 1.29 is 15.0 Å². The van der Waals surface area contributed by atoms with Crippen molar-refractivity contribution in [2.24, 2.45) is 0 Å². The molecule has 1 amide bonds. The first kappa shape index (κ1) is 13.3. The summed E-state index contributed by atoms with van der Waals surface area (Å²) >= 11 is 1.59. The van der Waals surface area contributed by atoms with Crippen molar-refractivity contribution in [1.29, 1.82) is 0 Å². The summed E-state index contributed by atoms with van der Waals surface area (Å²) in [7, 11) is 0. The predicted molar refractivity (Wildman–Crippen MR) is 75.9 cm³/mol. The summed E-state index contributed by atoms with van der Waals surface area (Å²) in [4.78, 5) is 13.0. The molecule has 0 atom stereocenters. The molecule has 2 aromatic rings. The van der Waals surface area contributed by atoms with Crippen LogP contribution in [-0.2, 0) is 0 Å². The molecule has 19 heavy (non-hydrogen) atoms. The highest BCUT2D eigenvalue weighted by molar-refractivity contribution is 7.98. The van der Waals surface area contributed by atoms with Crippen molar-refractivity contribution in [1.82, 2.24) is 0 Å². The third-order valence-electron chi connectivity index (χ3n) is 2.57. The van der Waals surface area contributed by atoms with Crippen LogP contribution >= 0.6 is 11.8 Å². The number of aromatic hydroxyl groups is 2. The maximum atomic E-state index is 12.0. The molecule has 2 aromatic carbocycles. The lowest BCUT2D eigenvalue weighted by Gasteiger charge is -2.07. The molecule has 0 aliphatic heterocycles. The van der Waals surface area contributed by atoms with Crippen molar-refractivity contribution in [3.05, 3.63) is 48.0 Å². The van der Waals surface area contributed by atoms with E-state index in [0.717, 1.165) is 4.90 Å². The van der Waals surface area contributed by atoms with E-state index in [9.17, 15) is 15.0 Å². The molecule has 0 spiro atoms. The van der Waals surface area contributed by atoms with Crippen LogP contribution in [0.25, 0.3) is 0 Å². The minimum Gasteiger partial charge on any atom is -0.504 e. The number of amides is 1. The Bertz CT molecular complexity index is 613. The van der Waals surface area contributed by atoms with Gasteiger partial charge in [0.25, 0.3) is 5.91 Å². The number of rotatable bonds is 3. The van der Waals surface area contributed by atoms with Gasteiger partial charge in [0.15, 0.2) is 11.5 Å². The second-order valence-electron chi connectivity index (χ2n) is 3.89. The van der Waals surface area contributed by atoms with Gasteiger partial charge in [0.2, 0.25) is 0 Å². The molecule has 0 saturated heterocycles. The Kier molecular flexibility index (Phi) is 3.97. The Morgan fingerprint density at radius 1 is 1.11 bits per heavy atom. The number of nitrogens with one attached hydrogen (secondary N) is 1. The smallest absolute Gasteiger partial charge is 0.255 e. The highest BCUT2D eigenvalue weighted by Gasteiger charge is 2.09. The van der Waals surface area contributed by atoms with Crippen LogP contribution in [0.1, 0.15) is 10.4 Å². The third-order valence-corrected chi connectivity index (χ3v) is 3.29. The lowest BCUT2D eigenvalue weighted by molar-refractivity contribution is 0.102. The molecule has 98 valence electrons. The van der Waals surface area contributed by atoms with Crippen molar-refractivity contribution in [2.75, 3.05) is 11.6 Å². The van der Waals surface area contributed by atoms with Gasteiger partial charge in [-0.25, -0.2) is 0 Å². The number of benzene rings is 2. The first-order valence-electron chi connectivity index (χ1n) is 5.57. The lowest BCUT2D eigenvalue weighted by atomic mass is 10.2. The van der Waals surface area contributed by atoms with E-state index in [1.165, 1.54) is 18.2 Å². The number of carbonyl (C=O) groups is 1. The first-order valence-corrected chi connectivity index (χ1v) is 6.80. The highest BCUT2D eigenvalue weighted by Crippen LogP contribution is 2.25. The summed E-state index contributed by atoms with van der Waals surface area (Å²) in [5.41, 5.74) is 0.967. The molecule has 0 aromatic heterocycles. The van der Waals surface area contributed by atoms with E-state index in [4.69, 9.17) is 0 Å². The zero-order valence-electron chi connectivity index (χ0n) is 10.3. The standard InChI is InChI=1S/C14H13NO3S/c1-19-11-4-2-3-10(8-11)15-14(18)9-5-6-12(16)13(17)7-9/h2-8,16-17H,1H3,(H,15,18). The Labute approximate surface area is 115 Å². The predicted octanol–water partition coefficient (Wildman–Crippen LogP) is 3.07. The number of hydrogen-bond acceptors (Lipinski definition) is 4. The molecule has 0 saturated carbocycles. The van der Waals surface area contributed by atoms with Gasteiger partial charge in [-0.05, 0) is 42.7 Å². The summed E-state index contributed by atoms with van der Waals surface area (Å²) in [5, 5.41) is 21.3. The van der Waals surface area contributed by atoms with Gasteiger partial charge in [-0.3, -0.25) is 4.79 Å². The average molecular weight is 275 g/mol. The Morgan fingerprint density at radius 3 is 2.58 bits per heavy atom. The lowest BCUT2D eigenvalue weighted by Crippen LogP contribution is -2.11. The zero-order valence-corrected chi connectivity index (χ0v) is 11.1. The van der Waals surface area contributed by atoms with Crippen LogP contribution in [0.3, 0.4) is 0 Å². The van der Waals surface area contributed by atoms with Gasteiger partial charge < -0.3 is 15.5 Å². The normalized spacial score (nSPS) is 10.2. The van der Waals surface area contributed by atoms with E-state index in [1.54, 1.807) is 17.8 Å². The first-order chi connectivity index (χ1) is 9.10. The van der Waals surface area contributed by atoms with Crippen LogP contribution in [0, 0.1) is 0 Å². The number of carbonyl (C=O) groups excluding carboxylic acids is 1. The van der Waals surface area contributed by atoms with Crippen LogP contribution in [0.4, 0.5) is 5.69 Å². The van der Waals surface area contributed by atoms with Crippen molar-refractivity contribution in [2.45, 2.75) is 4.90 Å². The van der Waals surface area contributed by atoms with Crippen molar-refractivity contribution in [3.63, 3.8) is 0 Å². The minimum absolute atomic E-state index is 0.249. The van der Waals surface area contributed by atoms with E-state index < -0.39 is 0 Å². The van der Waals surface area contributed by atoms with Gasteiger partial charge in [0, 0.05) is 16.1 Å². The number of thioether (sulfide) groups is 1. The maximum Gasteiger partial charge on any atom is 0.255 e. The molecule has 0 bridgehead atoms. The molecule has 0 heterocycles. The molecule has 0 aliphatic carbocycles. The molecule has 2 rings (SSSR count). The Balaban J connectivity index is 2.18. The molecule has 0 fully saturated rings. The van der Waals surface area contributed by atoms with E-state index in [1.807, 2.05) is 24.5 Å². The van der Waals surface area contributed by atoms with Crippen LogP contribution in [-0.4, -0.2) is 22.4 Å². The zero-order chi connectivity index (χ0) is 13.8. The van der Waals surface area contributed by atoms with Gasteiger partial charge in [-0.2, -0.15) is 0 Å². The summed E-state index contributed by atoms with van der Waals surface area (Å²) in [6.45, 7) is 0. The van der Waals surface area contributed by atoms with Gasteiger partial charge in [0.05, 0.1) is 0 Å². The van der Waals surface area contributed by atoms with E-state index in [0.29, 0.717) is 5.69 Å². The molecule has 5 heteroatoms. The second-order valence-corrected chi connectivity index (χ2v) is 4.77. The van der Waals surface area contributed by atoms with Crippen LogP contribution in [0.5, 0.6) is 11.5 Å². The van der Waals surface area contributed by atoms with Gasteiger partial charge >= 0.3 is 0 Å². The van der Waals surface area contributed by atoms with E-state index in [-0.39, 0.29) is 23.0 Å². The fraction of sp³-hybridized carbons (Fsp3) is 0.0714. The molecule has 4 nitrogen and oxygen atoms in total. The second kappa shape index (κ2) is 5.67. The molecule has 3 N–H and O–H groups in total. The monoisotopic (exact) mass is 275 g/mol. The van der Waals surface area contributed by atoms with E-state index >= 15 is 0 Å². The summed E-state index contributed by atoms with van der Waals surface area (Å²) in [5.74, 6) is -0.903. The van der Waals surface area contributed by atoms with Gasteiger partial charge in [-0.1, -0.05) is 6.07 Å². The Morgan fingerprint density at radius 2 is 1.89 bits per heavy atom. The largest absolute Gasteiger partial charge is 0.504 e. The highest BCUT2D eigenvalue weighted by atomic mass is 32.2. The third kappa shape index (κ3) is 3.20. The summed E-state index contributed by atoms with van der Waals surface area (Å²) < 4.78 is 0. The Hall–Kier alpha value is -2.14. The number of phenolic OH excluding ortho intramolecular Hbond substituents is 2. The summed E-state index contributed by atoms with van der Waals surface area (Å²) in [6, 6.07) is 11.4. The van der Waals surface area contributed by atoms with Crippen LogP contribution in [0.15, 0.2) is 47.4 Å². The fourth-order valence-corrected chi connectivity index (χ4v) is 2.03. The fourth-order valence-electron chi connectivity index (χ4n) is 1.57. The van der Waals surface area contributed by atoms with Crippen molar-refractivity contribution in [3.8, 4) is 11.5 Å². The van der Waals surface area contributed by atoms with Crippen molar-refractivity contribution >= 4 is 23.4 Å². The maximum absolute atomic E-state index is 12.0. The minimum atomic E-state index is -0.339. The van der Waals surface area contributed by atoms with Gasteiger partial charge in [-0.15, -0.1) is 11.8 Å². The van der Waals surface area contributed by atoms with Gasteiger partial charge in [0.1, 0.15) is 0 Å². The van der Waals surface area contributed by atoms with E-state index in [2.05, 4.69) is 5.32 Å². The average Bonchev–Trinajstić information content (AvgIpc) is 2.42. The molecular formula is C14H13NO3S. The molecule has 0 aliphatic rings. The quantitative estimate of drug-likeness (QED) is 0.595. The topological polar surface area (TPSA) is 69.6 Å². The SMILES string of the molecule is CSc1cccc(NC(=O)c2ccc(O)c(O)c2)c1. The molecule has 0 radical (unpaired) electrons.